The maximum Gasteiger partial charge on any atom is 0.269 e. The van der Waals surface area contributed by atoms with Crippen molar-refractivity contribution in [3.8, 4) is 0 Å². The highest BCUT2D eigenvalue weighted by Crippen LogP contribution is 2.14. The molecule has 2 aromatic rings. The molecule has 150 valence electrons. The third kappa shape index (κ3) is 6.09. The fraction of sp³-hybridized carbons (Fsp3) is 0.300. The summed E-state index contributed by atoms with van der Waals surface area (Å²) >= 11 is 0. The molecule has 0 saturated carbocycles. The molecule has 0 unspecified atom stereocenters. The van der Waals surface area contributed by atoms with Gasteiger partial charge in [0, 0.05) is 36.2 Å². The van der Waals surface area contributed by atoms with Crippen molar-refractivity contribution < 1.29 is 18.0 Å². The fourth-order valence-corrected chi connectivity index (χ4v) is 3.52. The van der Waals surface area contributed by atoms with Crippen LogP contribution in [0.15, 0.2) is 48.5 Å². The summed E-state index contributed by atoms with van der Waals surface area (Å²) in [6, 6.07) is 13.3. The first-order valence-corrected chi connectivity index (χ1v) is 11.0. The number of hydrazine groups is 1. The summed E-state index contributed by atoms with van der Waals surface area (Å²) in [6.07, 6.45) is 1.15. The van der Waals surface area contributed by atoms with Gasteiger partial charge in [0.15, 0.2) is 9.84 Å². The van der Waals surface area contributed by atoms with E-state index in [2.05, 4.69) is 29.6 Å². The van der Waals surface area contributed by atoms with E-state index >= 15 is 0 Å². The van der Waals surface area contributed by atoms with Crippen molar-refractivity contribution in [3.63, 3.8) is 0 Å². The predicted octanol–water partition coefficient (Wildman–Crippen LogP) is 2.15. The van der Waals surface area contributed by atoms with E-state index in [1.54, 1.807) is 24.3 Å². The Kier molecular flexibility index (Phi) is 7.17. The summed E-state index contributed by atoms with van der Waals surface area (Å²) in [5, 5.41) is 0. The number of nitrogens with one attached hydrogen (secondary N) is 2. The molecule has 0 aliphatic carbocycles. The van der Waals surface area contributed by atoms with Gasteiger partial charge in [0.2, 0.25) is 0 Å². The molecule has 0 aromatic heterocycles. The van der Waals surface area contributed by atoms with Gasteiger partial charge in [0.05, 0.1) is 5.75 Å². The van der Waals surface area contributed by atoms with Crippen molar-refractivity contribution in [2.24, 2.45) is 0 Å². The topological polar surface area (TPSA) is 95.6 Å². The third-order valence-electron chi connectivity index (χ3n) is 4.19. The van der Waals surface area contributed by atoms with Gasteiger partial charge in [0.25, 0.3) is 11.8 Å². The van der Waals surface area contributed by atoms with E-state index in [4.69, 9.17) is 0 Å². The summed E-state index contributed by atoms with van der Waals surface area (Å²) in [5.74, 6) is -0.998. The van der Waals surface area contributed by atoms with Crippen molar-refractivity contribution >= 4 is 27.3 Å². The largest absolute Gasteiger partial charge is 0.372 e. The highest BCUT2D eigenvalue weighted by atomic mass is 32.2. The number of amides is 2. The van der Waals surface area contributed by atoms with Gasteiger partial charge < -0.3 is 4.90 Å². The molecule has 0 fully saturated rings. The van der Waals surface area contributed by atoms with Gasteiger partial charge in [-0.05, 0) is 55.8 Å². The quantitative estimate of drug-likeness (QED) is 0.691. The molecule has 0 heterocycles. The molecule has 0 bridgehead atoms. The Morgan fingerprint density at radius 1 is 0.821 bits per heavy atom. The van der Waals surface area contributed by atoms with Crippen LogP contribution in [0.25, 0.3) is 0 Å². The Labute approximate surface area is 165 Å². The van der Waals surface area contributed by atoms with E-state index in [1.165, 1.54) is 12.1 Å². The first-order valence-electron chi connectivity index (χ1n) is 8.96. The number of anilines is 1. The van der Waals surface area contributed by atoms with E-state index in [-0.39, 0.29) is 5.75 Å². The monoisotopic (exact) mass is 403 g/mol. The van der Waals surface area contributed by atoms with Crippen molar-refractivity contribution in [3.05, 3.63) is 65.2 Å². The first-order chi connectivity index (χ1) is 13.2. The highest BCUT2D eigenvalue weighted by Gasteiger charge is 2.11. The average Bonchev–Trinajstić information content (AvgIpc) is 2.66. The molecule has 0 saturated heterocycles. The van der Waals surface area contributed by atoms with E-state index in [1.807, 2.05) is 12.1 Å². The smallest absolute Gasteiger partial charge is 0.269 e. The maximum absolute atomic E-state index is 12.2. The zero-order chi connectivity index (χ0) is 20.7. The Balaban J connectivity index is 1.94. The Bertz CT molecular complexity index is 919. The van der Waals surface area contributed by atoms with E-state index in [0.717, 1.165) is 25.0 Å². The summed E-state index contributed by atoms with van der Waals surface area (Å²) in [7, 11) is -3.14. The van der Waals surface area contributed by atoms with Crippen molar-refractivity contribution in [2.45, 2.75) is 19.6 Å². The molecule has 0 spiro atoms. The van der Waals surface area contributed by atoms with Crippen LogP contribution in [0.3, 0.4) is 0 Å². The lowest BCUT2D eigenvalue weighted by molar-refractivity contribution is 0.0846. The van der Waals surface area contributed by atoms with Crippen LogP contribution in [0, 0.1) is 0 Å². The molecule has 2 amide bonds. The summed E-state index contributed by atoms with van der Waals surface area (Å²) < 4.78 is 22.6. The Hall–Kier alpha value is -2.87. The second-order valence-electron chi connectivity index (χ2n) is 6.39. The van der Waals surface area contributed by atoms with Crippen molar-refractivity contribution in [1.29, 1.82) is 0 Å². The molecular formula is C20H25N3O4S. The molecule has 2 aromatic carbocycles. The summed E-state index contributed by atoms with van der Waals surface area (Å²) in [6.45, 7) is 5.88. The molecule has 28 heavy (non-hydrogen) atoms. The molecule has 0 aliphatic heterocycles. The van der Waals surface area contributed by atoms with Crippen LogP contribution >= 0.6 is 0 Å². The zero-order valence-electron chi connectivity index (χ0n) is 16.2. The standard InChI is InChI=1S/C20H25N3O4S/c1-4-23(5-2)18-12-10-17(11-13-18)20(25)22-21-19(24)16-8-6-15(7-9-16)14-28(3,26)27/h6-13H,4-5,14H2,1-3H3,(H,21,24)(H,22,25). The molecule has 8 heteroatoms. The Morgan fingerprint density at radius 3 is 1.64 bits per heavy atom. The van der Waals surface area contributed by atoms with Gasteiger partial charge in [-0.2, -0.15) is 0 Å². The van der Waals surface area contributed by atoms with Gasteiger partial charge in [-0.25, -0.2) is 8.42 Å². The lowest BCUT2D eigenvalue weighted by Crippen LogP contribution is -2.41. The number of nitrogens with zero attached hydrogens (tertiary/aromatic N) is 1. The minimum Gasteiger partial charge on any atom is -0.372 e. The molecule has 2 rings (SSSR count). The van der Waals surface area contributed by atoms with Crippen LogP contribution < -0.4 is 15.8 Å². The van der Waals surface area contributed by atoms with Crippen LogP contribution in [0.1, 0.15) is 40.1 Å². The van der Waals surface area contributed by atoms with Crippen LogP contribution in [0.4, 0.5) is 5.69 Å². The number of hydrogen-bond acceptors (Lipinski definition) is 5. The van der Waals surface area contributed by atoms with Crippen LogP contribution in [0.5, 0.6) is 0 Å². The van der Waals surface area contributed by atoms with Crippen LogP contribution in [-0.2, 0) is 15.6 Å². The van der Waals surface area contributed by atoms with Gasteiger partial charge in [-0.3, -0.25) is 20.4 Å². The number of benzene rings is 2. The van der Waals surface area contributed by atoms with Gasteiger partial charge in [-0.15, -0.1) is 0 Å². The SMILES string of the molecule is CCN(CC)c1ccc(C(=O)NNC(=O)c2ccc(CS(C)(=O)=O)cc2)cc1. The first kappa shape index (κ1) is 21.4. The number of rotatable bonds is 7. The number of carbonyl (C=O) groups excluding carboxylic acids is 2. The molecule has 0 aliphatic rings. The third-order valence-corrected chi connectivity index (χ3v) is 5.05. The molecule has 0 radical (unpaired) electrons. The minimum atomic E-state index is -3.14. The van der Waals surface area contributed by atoms with Crippen molar-refractivity contribution in [1.82, 2.24) is 10.9 Å². The zero-order valence-corrected chi connectivity index (χ0v) is 17.0. The van der Waals surface area contributed by atoms with Gasteiger partial charge >= 0.3 is 0 Å². The molecule has 2 N–H and O–H groups in total. The van der Waals surface area contributed by atoms with Gasteiger partial charge in [-0.1, -0.05) is 12.1 Å². The van der Waals surface area contributed by atoms with Crippen LogP contribution in [-0.4, -0.2) is 39.6 Å². The van der Waals surface area contributed by atoms with E-state index in [0.29, 0.717) is 16.7 Å². The molecular weight excluding hydrogens is 378 g/mol. The maximum atomic E-state index is 12.2. The average molecular weight is 404 g/mol. The molecule has 0 atom stereocenters. The summed E-state index contributed by atoms with van der Waals surface area (Å²) in [5.41, 5.74) is 7.10. The second-order valence-corrected chi connectivity index (χ2v) is 8.53. The highest BCUT2D eigenvalue weighted by molar-refractivity contribution is 7.89. The number of sulfone groups is 1. The number of carbonyl (C=O) groups is 2. The van der Waals surface area contributed by atoms with E-state index < -0.39 is 21.7 Å². The van der Waals surface area contributed by atoms with Crippen LogP contribution in [0.2, 0.25) is 0 Å². The lowest BCUT2D eigenvalue weighted by Gasteiger charge is -2.21. The number of hydrogen-bond donors (Lipinski definition) is 2. The Morgan fingerprint density at radius 2 is 1.25 bits per heavy atom. The lowest BCUT2D eigenvalue weighted by atomic mass is 10.1. The second kappa shape index (κ2) is 9.36. The normalized spacial score (nSPS) is 11.0. The minimum absolute atomic E-state index is 0.0882. The van der Waals surface area contributed by atoms with Crippen molar-refractivity contribution in [2.75, 3.05) is 24.2 Å². The molecule has 7 nitrogen and oxygen atoms in total. The van der Waals surface area contributed by atoms with Gasteiger partial charge in [0.1, 0.15) is 0 Å². The summed E-state index contributed by atoms with van der Waals surface area (Å²) in [4.78, 5) is 26.5. The fourth-order valence-electron chi connectivity index (χ4n) is 2.73. The van der Waals surface area contributed by atoms with E-state index in [9.17, 15) is 18.0 Å². The predicted molar refractivity (Wildman–Crippen MR) is 110 cm³/mol.